The van der Waals surface area contributed by atoms with Crippen molar-refractivity contribution in [2.24, 2.45) is 23.5 Å². The Morgan fingerprint density at radius 1 is 1.00 bits per heavy atom. The lowest BCUT2D eigenvalue weighted by Crippen LogP contribution is -2.42. The molecule has 3 saturated carbocycles. The molecule has 0 aromatic heterocycles. The smallest absolute Gasteiger partial charge is 0.311 e. The van der Waals surface area contributed by atoms with Gasteiger partial charge < -0.3 is 10.5 Å². The number of carbonyl (C=O) groups is 1. The zero-order valence-electron chi connectivity index (χ0n) is 10.4. The van der Waals surface area contributed by atoms with Crippen LogP contribution in [0.5, 0.6) is 0 Å². The van der Waals surface area contributed by atoms with Crippen molar-refractivity contribution in [1.82, 2.24) is 0 Å². The van der Waals surface area contributed by atoms with Crippen LogP contribution in [0.3, 0.4) is 0 Å². The van der Waals surface area contributed by atoms with Gasteiger partial charge >= 0.3 is 5.97 Å². The summed E-state index contributed by atoms with van der Waals surface area (Å²) in [4.78, 5) is 12.2. The molecule has 96 valence electrons. The number of fused-ring (bicyclic) bond motifs is 2. The predicted molar refractivity (Wildman–Crippen MR) is 65.3 cm³/mol. The van der Waals surface area contributed by atoms with Crippen molar-refractivity contribution in [1.29, 1.82) is 0 Å². The van der Waals surface area contributed by atoms with Crippen molar-refractivity contribution in [3.8, 4) is 0 Å². The van der Waals surface area contributed by atoms with Gasteiger partial charge in [-0.3, -0.25) is 4.79 Å². The Kier molecular flexibility index (Phi) is 3.12. The van der Waals surface area contributed by atoms with E-state index in [0.29, 0.717) is 11.8 Å². The number of rotatable bonds is 2. The highest BCUT2D eigenvalue weighted by Gasteiger charge is 2.50. The average Bonchev–Trinajstić information content (AvgIpc) is 2.90. The minimum atomic E-state index is 0.00989. The first kappa shape index (κ1) is 11.5. The molecule has 0 saturated heterocycles. The van der Waals surface area contributed by atoms with Crippen LogP contribution in [0.4, 0.5) is 0 Å². The summed E-state index contributed by atoms with van der Waals surface area (Å²) < 4.78 is 5.68. The van der Waals surface area contributed by atoms with Crippen molar-refractivity contribution >= 4 is 5.97 Å². The largest absolute Gasteiger partial charge is 0.462 e. The molecule has 2 bridgehead atoms. The average molecular weight is 237 g/mol. The Morgan fingerprint density at radius 2 is 1.71 bits per heavy atom. The lowest BCUT2D eigenvalue weighted by molar-refractivity contribution is -0.158. The van der Waals surface area contributed by atoms with Crippen LogP contribution in [0.1, 0.15) is 51.4 Å². The quantitative estimate of drug-likeness (QED) is 0.749. The topological polar surface area (TPSA) is 52.3 Å². The highest BCUT2D eigenvalue weighted by Crippen LogP contribution is 2.48. The number of hydrogen-bond acceptors (Lipinski definition) is 3. The second kappa shape index (κ2) is 4.60. The Labute approximate surface area is 103 Å². The van der Waals surface area contributed by atoms with Crippen LogP contribution in [0, 0.1) is 17.8 Å². The Balaban J connectivity index is 1.58. The van der Waals surface area contributed by atoms with Gasteiger partial charge in [-0.25, -0.2) is 0 Å². The molecule has 2 N–H and O–H groups in total. The zero-order valence-corrected chi connectivity index (χ0v) is 10.4. The van der Waals surface area contributed by atoms with Crippen molar-refractivity contribution in [3.05, 3.63) is 0 Å². The Morgan fingerprint density at radius 3 is 2.35 bits per heavy atom. The van der Waals surface area contributed by atoms with E-state index in [1.807, 2.05) is 0 Å². The van der Waals surface area contributed by atoms with Crippen LogP contribution in [0.15, 0.2) is 0 Å². The van der Waals surface area contributed by atoms with Gasteiger partial charge in [0.25, 0.3) is 0 Å². The van der Waals surface area contributed by atoms with Crippen molar-refractivity contribution < 1.29 is 9.53 Å². The number of ether oxygens (including phenoxy) is 1. The van der Waals surface area contributed by atoms with Gasteiger partial charge in [-0.05, 0) is 56.8 Å². The van der Waals surface area contributed by atoms with E-state index in [0.717, 1.165) is 19.3 Å². The predicted octanol–water partition coefficient (Wildman–Crippen LogP) is 2.24. The molecule has 0 aromatic rings. The molecule has 3 rings (SSSR count). The summed E-state index contributed by atoms with van der Waals surface area (Å²) in [5.74, 6) is 1.13. The molecule has 3 fully saturated rings. The summed E-state index contributed by atoms with van der Waals surface area (Å²) in [6, 6.07) is 0.0739. The van der Waals surface area contributed by atoms with Crippen LogP contribution < -0.4 is 5.73 Å². The van der Waals surface area contributed by atoms with Crippen LogP contribution >= 0.6 is 0 Å². The van der Waals surface area contributed by atoms with Gasteiger partial charge in [0.2, 0.25) is 0 Å². The lowest BCUT2D eigenvalue weighted by atomic mass is 9.85. The van der Waals surface area contributed by atoms with E-state index in [4.69, 9.17) is 10.5 Å². The minimum Gasteiger partial charge on any atom is -0.462 e. The maximum atomic E-state index is 12.2. The van der Waals surface area contributed by atoms with Gasteiger partial charge in [0.05, 0.1) is 5.92 Å². The summed E-state index contributed by atoms with van der Waals surface area (Å²) >= 11 is 0. The summed E-state index contributed by atoms with van der Waals surface area (Å²) in [5.41, 5.74) is 6.17. The van der Waals surface area contributed by atoms with E-state index >= 15 is 0 Å². The molecule has 3 aliphatic rings. The fraction of sp³-hybridized carbons (Fsp3) is 0.929. The fourth-order valence-electron chi connectivity index (χ4n) is 4.11. The molecule has 3 heteroatoms. The summed E-state index contributed by atoms with van der Waals surface area (Å²) in [6.45, 7) is 0. The highest BCUT2D eigenvalue weighted by atomic mass is 16.5. The molecule has 4 atom stereocenters. The van der Waals surface area contributed by atoms with Crippen LogP contribution in [0.25, 0.3) is 0 Å². The molecule has 4 unspecified atom stereocenters. The fourth-order valence-corrected chi connectivity index (χ4v) is 4.11. The molecule has 17 heavy (non-hydrogen) atoms. The summed E-state index contributed by atoms with van der Waals surface area (Å²) in [5, 5.41) is 0. The summed E-state index contributed by atoms with van der Waals surface area (Å²) in [6.07, 6.45) is 9.57. The molecule has 0 aliphatic heterocycles. The van der Waals surface area contributed by atoms with Gasteiger partial charge in [0.15, 0.2) is 0 Å². The van der Waals surface area contributed by atoms with Crippen LogP contribution in [0.2, 0.25) is 0 Å². The third-order valence-electron chi connectivity index (χ3n) is 5.09. The molecule has 0 aromatic carbocycles. The first-order valence-corrected chi connectivity index (χ1v) is 7.22. The van der Waals surface area contributed by atoms with Gasteiger partial charge in [-0.2, -0.15) is 0 Å². The van der Waals surface area contributed by atoms with Crippen LogP contribution in [-0.2, 0) is 9.53 Å². The minimum absolute atomic E-state index is 0.00989. The van der Waals surface area contributed by atoms with E-state index in [9.17, 15) is 4.79 Å². The Hall–Kier alpha value is -0.570. The van der Waals surface area contributed by atoms with Gasteiger partial charge in [0.1, 0.15) is 6.10 Å². The molecule has 0 spiro atoms. The number of nitrogens with two attached hydrogens (primary N) is 1. The molecular formula is C14H23NO2. The molecule has 0 radical (unpaired) electrons. The SMILES string of the molecule is NC1C2CCC(C2)C1C(=O)OC1CCCCC1. The molecule has 0 amide bonds. The maximum absolute atomic E-state index is 12.2. The molecule has 3 nitrogen and oxygen atoms in total. The number of carbonyl (C=O) groups excluding carboxylic acids is 1. The van der Waals surface area contributed by atoms with E-state index in [-0.39, 0.29) is 24.0 Å². The summed E-state index contributed by atoms with van der Waals surface area (Å²) in [7, 11) is 0. The third kappa shape index (κ3) is 2.10. The van der Waals surface area contributed by atoms with Crippen molar-refractivity contribution in [3.63, 3.8) is 0 Å². The highest BCUT2D eigenvalue weighted by molar-refractivity contribution is 5.74. The zero-order chi connectivity index (χ0) is 11.8. The van der Waals surface area contributed by atoms with Crippen LogP contribution in [-0.4, -0.2) is 18.1 Å². The molecule has 0 heterocycles. The first-order valence-electron chi connectivity index (χ1n) is 7.22. The standard InChI is InChI=1S/C14H23NO2/c15-13-10-7-6-9(8-10)12(13)14(16)17-11-4-2-1-3-5-11/h9-13H,1-8,15H2. The molecule has 3 aliphatic carbocycles. The molecular weight excluding hydrogens is 214 g/mol. The Bertz CT molecular complexity index is 297. The van der Waals surface area contributed by atoms with E-state index in [1.165, 1.54) is 32.1 Å². The van der Waals surface area contributed by atoms with Crippen molar-refractivity contribution in [2.75, 3.05) is 0 Å². The second-order valence-electron chi connectivity index (χ2n) is 6.13. The van der Waals surface area contributed by atoms with E-state index in [1.54, 1.807) is 0 Å². The van der Waals surface area contributed by atoms with E-state index < -0.39 is 0 Å². The first-order chi connectivity index (χ1) is 8.25. The number of hydrogen-bond donors (Lipinski definition) is 1. The second-order valence-corrected chi connectivity index (χ2v) is 6.13. The third-order valence-corrected chi connectivity index (χ3v) is 5.09. The monoisotopic (exact) mass is 237 g/mol. The number of esters is 1. The maximum Gasteiger partial charge on any atom is 0.311 e. The normalized spacial score (nSPS) is 41.7. The van der Waals surface area contributed by atoms with Gasteiger partial charge in [-0.1, -0.05) is 6.42 Å². The van der Waals surface area contributed by atoms with E-state index in [2.05, 4.69) is 0 Å². The van der Waals surface area contributed by atoms with Gasteiger partial charge in [0, 0.05) is 6.04 Å². The van der Waals surface area contributed by atoms with Gasteiger partial charge in [-0.15, -0.1) is 0 Å². The van der Waals surface area contributed by atoms with Crippen molar-refractivity contribution in [2.45, 2.75) is 63.5 Å². The lowest BCUT2D eigenvalue weighted by Gasteiger charge is -2.29.